The van der Waals surface area contributed by atoms with Crippen LogP contribution < -0.4 is 4.90 Å². The molecule has 3 rings (SSSR count). The van der Waals surface area contributed by atoms with E-state index in [1.165, 1.54) is 38.5 Å². The van der Waals surface area contributed by atoms with Gasteiger partial charge in [0.25, 0.3) is 0 Å². The van der Waals surface area contributed by atoms with Gasteiger partial charge in [-0.25, -0.2) is 9.97 Å². The lowest BCUT2D eigenvalue weighted by atomic mass is 9.78. The summed E-state index contributed by atoms with van der Waals surface area (Å²) in [5, 5.41) is 0. The fourth-order valence-electron chi connectivity index (χ4n) is 3.84. The molecule has 1 aromatic rings. The van der Waals surface area contributed by atoms with Gasteiger partial charge in [0.15, 0.2) is 0 Å². The number of aromatic nitrogens is 2. The van der Waals surface area contributed by atoms with E-state index in [-0.39, 0.29) is 0 Å². The van der Waals surface area contributed by atoms with E-state index in [2.05, 4.69) is 38.8 Å². The zero-order chi connectivity index (χ0) is 13.9. The number of fused-ring (bicyclic) bond motifs is 1. The second kappa shape index (κ2) is 6.42. The Kier molecular flexibility index (Phi) is 4.59. The summed E-state index contributed by atoms with van der Waals surface area (Å²) in [6.45, 7) is 3.35. The van der Waals surface area contributed by atoms with Crippen molar-refractivity contribution in [2.24, 2.45) is 5.92 Å². The van der Waals surface area contributed by atoms with E-state index in [0.29, 0.717) is 6.04 Å². The number of hydrogen-bond acceptors (Lipinski definition) is 3. The smallest absolute Gasteiger partial charge is 0.133 e. The van der Waals surface area contributed by atoms with Gasteiger partial charge in [-0.2, -0.15) is 0 Å². The molecule has 1 aliphatic heterocycles. The van der Waals surface area contributed by atoms with E-state index >= 15 is 0 Å². The Morgan fingerprint density at radius 3 is 2.85 bits per heavy atom. The molecule has 0 radical (unpaired) electrons. The predicted octanol–water partition coefficient (Wildman–Crippen LogP) is 4.35. The zero-order valence-corrected chi connectivity index (χ0v) is 13.9. The average Bonchev–Trinajstić information content (AvgIpc) is 2.46. The van der Waals surface area contributed by atoms with Crippen molar-refractivity contribution in [3.63, 3.8) is 0 Å². The van der Waals surface area contributed by atoms with Crippen LogP contribution in [0.15, 0.2) is 10.7 Å². The van der Waals surface area contributed by atoms with E-state index in [4.69, 9.17) is 4.98 Å². The summed E-state index contributed by atoms with van der Waals surface area (Å²) in [7, 11) is 0. The molecule has 0 bridgehead atoms. The van der Waals surface area contributed by atoms with Gasteiger partial charge in [-0.15, -0.1) is 0 Å². The summed E-state index contributed by atoms with van der Waals surface area (Å²) in [4.78, 5) is 11.9. The van der Waals surface area contributed by atoms with Crippen LogP contribution in [-0.2, 0) is 6.42 Å². The minimum absolute atomic E-state index is 0.716. The highest BCUT2D eigenvalue weighted by molar-refractivity contribution is 9.10. The van der Waals surface area contributed by atoms with E-state index in [1.54, 1.807) is 0 Å². The normalized spacial score (nSPS) is 26.4. The van der Waals surface area contributed by atoms with Crippen LogP contribution in [0.4, 0.5) is 5.82 Å². The minimum atomic E-state index is 0.716. The van der Waals surface area contributed by atoms with Crippen molar-refractivity contribution in [3.8, 4) is 0 Å². The fraction of sp³-hybridized carbons (Fsp3) is 0.750. The number of aryl methyl sites for hydroxylation is 1. The number of nitrogens with zero attached hydrogens (tertiary/aromatic N) is 3. The van der Waals surface area contributed by atoms with Crippen molar-refractivity contribution < 1.29 is 0 Å². The van der Waals surface area contributed by atoms with Gasteiger partial charge in [0, 0.05) is 25.1 Å². The van der Waals surface area contributed by atoms with Crippen LogP contribution in [-0.4, -0.2) is 22.6 Å². The molecule has 1 aromatic heterocycles. The van der Waals surface area contributed by atoms with Gasteiger partial charge in [-0.3, -0.25) is 0 Å². The number of anilines is 1. The molecule has 2 fully saturated rings. The van der Waals surface area contributed by atoms with Crippen molar-refractivity contribution in [2.75, 3.05) is 11.4 Å². The second-order valence-electron chi connectivity index (χ2n) is 6.16. The summed E-state index contributed by atoms with van der Waals surface area (Å²) >= 11 is 3.56. The molecule has 2 unspecified atom stereocenters. The minimum Gasteiger partial charge on any atom is -0.353 e. The Labute approximate surface area is 130 Å². The average molecular weight is 338 g/mol. The molecule has 2 aliphatic rings. The highest BCUT2D eigenvalue weighted by Crippen LogP contribution is 2.37. The molecule has 2 atom stereocenters. The molecule has 0 N–H and O–H groups in total. The van der Waals surface area contributed by atoms with Crippen LogP contribution in [0.1, 0.15) is 57.7 Å². The first-order chi connectivity index (χ1) is 9.78. The van der Waals surface area contributed by atoms with E-state index in [0.717, 1.165) is 41.5 Å². The first-order valence-electron chi connectivity index (χ1n) is 8.08. The summed E-state index contributed by atoms with van der Waals surface area (Å²) in [6.07, 6.45) is 10.3. The number of rotatable bonds is 3. The van der Waals surface area contributed by atoms with Crippen molar-refractivity contribution in [1.82, 2.24) is 9.97 Å². The Morgan fingerprint density at radius 1 is 1.20 bits per heavy atom. The largest absolute Gasteiger partial charge is 0.353 e. The fourth-order valence-corrected chi connectivity index (χ4v) is 4.25. The van der Waals surface area contributed by atoms with Gasteiger partial charge < -0.3 is 4.90 Å². The maximum atomic E-state index is 4.82. The molecule has 2 heterocycles. The first-order valence-corrected chi connectivity index (χ1v) is 8.87. The lowest BCUT2D eigenvalue weighted by molar-refractivity contribution is 0.242. The molecule has 1 aliphatic carbocycles. The topological polar surface area (TPSA) is 29.0 Å². The van der Waals surface area contributed by atoms with Gasteiger partial charge in [0.05, 0.1) is 0 Å². The second-order valence-corrected chi connectivity index (χ2v) is 6.98. The standard InChI is InChI=1S/C16H24BrN3/c1-2-6-15-18-14(17)11-16(19-15)20-10-5-8-12-7-3-4-9-13(12)20/h11-13H,2-10H2,1H3. The molecule has 0 amide bonds. The molecule has 4 heteroatoms. The van der Waals surface area contributed by atoms with Crippen molar-refractivity contribution in [3.05, 3.63) is 16.5 Å². The Morgan fingerprint density at radius 2 is 2.00 bits per heavy atom. The molecular weight excluding hydrogens is 314 g/mol. The zero-order valence-electron chi connectivity index (χ0n) is 12.3. The van der Waals surface area contributed by atoms with E-state index in [1.807, 2.05) is 0 Å². The molecule has 1 saturated heterocycles. The van der Waals surface area contributed by atoms with Crippen molar-refractivity contribution in [1.29, 1.82) is 0 Å². The molecular formula is C16H24BrN3. The summed E-state index contributed by atoms with van der Waals surface area (Å²) in [5.41, 5.74) is 0. The molecule has 3 nitrogen and oxygen atoms in total. The monoisotopic (exact) mass is 337 g/mol. The van der Waals surface area contributed by atoms with Gasteiger partial charge in [-0.05, 0) is 54.0 Å². The lowest BCUT2D eigenvalue weighted by Crippen LogP contribution is -2.47. The van der Waals surface area contributed by atoms with Crippen LogP contribution in [0.3, 0.4) is 0 Å². The molecule has 20 heavy (non-hydrogen) atoms. The predicted molar refractivity (Wildman–Crippen MR) is 86.1 cm³/mol. The van der Waals surface area contributed by atoms with Crippen LogP contribution in [0, 0.1) is 5.92 Å². The summed E-state index contributed by atoms with van der Waals surface area (Å²) < 4.78 is 0.934. The van der Waals surface area contributed by atoms with Crippen LogP contribution in [0.25, 0.3) is 0 Å². The SMILES string of the molecule is CCCc1nc(Br)cc(N2CCCC3CCCCC32)n1. The Hall–Kier alpha value is -0.640. The molecule has 0 spiro atoms. The number of halogens is 1. The molecule has 110 valence electrons. The van der Waals surface area contributed by atoms with Crippen LogP contribution >= 0.6 is 15.9 Å². The Balaban J connectivity index is 1.86. The maximum absolute atomic E-state index is 4.82. The lowest BCUT2D eigenvalue weighted by Gasteiger charge is -2.44. The van der Waals surface area contributed by atoms with Gasteiger partial charge in [-0.1, -0.05) is 19.8 Å². The third-order valence-electron chi connectivity index (χ3n) is 4.74. The third-order valence-corrected chi connectivity index (χ3v) is 5.15. The van der Waals surface area contributed by atoms with Crippen LogP contribution in [0.2, 0.25) is 0 Å². The van der Waals surface area contributed by atoms with E-state index < -0.39 is 0 Å². The molecule has 1 saturated carbocycles. The summed E-state index contributed by atoms with van der Waals surface area (Å²) in [5.74, 6) is 3.02. The Bertz CT molecular complexity index is 461. The highest BCUT2D eigenvalue weighted by atomic mass is 79.9. The quantitative estimate of drug-likeness (QED) is 0.767. The van der Waals surface area contributed by atoms with Gasteiger partial charge in [0.2, 0.25) is 0 Å². The first kappa shape index (κ1) is 14.3. The van der Waals surface area contributed by atoms with Crippen molar-refractivity contribution in [2.45, 2.75) is 64.3 Å². The maximum Gasteiger partial charge on any atom is 0.133 e. The van der Waals surface area contributed by atoms with Gasteiger partial charge >= 0.3 is 0 Å². The van der Waals surface area contributed by atoms with E-state index in [9.17, 15) is 0 Å². The molecule has 0 aromatic carbocycles. The summed E-state index contributed by atoms with van der Waals surface area (Å²) in [6, 6.07) is 2.82. The highest BCUT2D eigenvalue weighted by Gasteiger charge is 2.34. The van der Waals surface area contributed by atoms with Crippen LogP contribution in [0.5, 0.6) is 0 Å². The van der Waals surface area contributed by atoms with Crippen molar-refractivity contribution >= 4 is 21.7 Å². The number of hydrogen-bond donors (Lipinski definition) is 0. The van der Waals surface area contributed by atoms with Gasteiger partial charge in [0.1, 0.15) is 16.2 Å². The number of piperidine rings is 1. The third kappa shape index (κ3) is 3.00.